The summed E-state index contributed by atoms with van der Waals surface area (Å²) in [5, 5.41) is 0.764. The summed E-state index contributed by atoms with van der Waals surface area (Å²) in [6.07, 6.45) is 2.09. The van der Waals surface area contributed by atoms with Crippen LogP contribution in [0.25, 0.3) is 0 Å². The van der Waals surface area contributed by atoms with Crippen molar-refractivity contribution in [1.29, 1.82) is 0 Å². The minimum Gasteiger partial charge on any atom is -0.301 e. The van der Waals surface area contributed by atoms with Gasteiger partial charge in [0.2, 0.25) is 0 Å². The van der Waals surface area contributed by atoms with Crippen molar-refractivity contribution in [2.75, 3.05) is 39.8 Å². The van der Waals surface area contributed by atoms with E-state index in [0.717, 1.165) is 37.5 Å². The first-order valence-electron chi connectivity index (χ1n) is 7.17. The Kier molecular flexibility index (Phi) is 6.01. The quantitative estimate of drug-likeness (QED) is 0.856. The molecular formula is C14H22ClN3O2S. The van der Waals surface area contributed by atoms with Gasteiger partial charge in [-0.25, -0.2) is 4.72 Å². The molecule has 1 aromatic rings. The Morgan fingerprint density at radius 2 is 1.76 bits per heavy atom. The summed E-state index contributed by atoms with van der Waals surface area (Å²) in [6.45, 7) is 3.70. The molecule has 0 atom stereocenters. The van der Waals surface area contributed by atoms with Gasteiger partial charge in [0.05, 0.1) is 0 Å². The number of rotatable bonds is 6. The molecule has 0 amide bonds. The Morgan fingerprint density at radius 1 is 1.14 bits per heavy atom. The highest BCUT2D eigenvalue weighted by molar-refractivity contribution is 7.87. The minimum atomic E-state index is -3.27. The number of nitrogens with one attached hydrogen (secondary N) is 1. The predicted molar refractivity (Wildman–Crippen MR) is 85.8 cm³/mol. The van der Waals surface area contributed by atoms with Crippen LogP contribution < -0.4 is 4.72 Å². The van der Waals surface area contributed by atoms with Crippen LogP contribution in [0.3, 0.4) is 0 Å². The maximum Gasteiger partial charge on any atom is 0.279 e. The number of hydrogen-bond acceptors (Lipinski definition) is 3. The van der Waals surface area contributed by atoms with Crippen molar-refractivity contribution in [1.82, 2.24) is 13.9 Å². The lowest BCUT2D eigenvalue weighted by molar-refractivity contribution is 0.186. The van der Waals surface area contributed by atoms with Gasteiger partial charge in [-0.15, -0.1) is 0 Å². The molecule has 1 saturated heterocycles. The summed E-state index contributed by atoms with van der Waals surface area (Å²) in [7, 11) is -1.82. The molecule has 118 valence electrons. The van der Waals surface area contributed by atoms with E-state index in [2.05, 4.69) is 21.8 Å². The zero-order chi connectivity index (χ0) is 15.3. The summed E-state index contributed by atoms with van der Waals surface area (Å²) in [5.41, 5.74) is 1.29. The van der Waals surface area contributed by atoms with Gasteiger partial charge < -0.3 is 4.90 Å². The van der Waals surface area contributed by atoms with Crippen LogP contribution in [-0.2, 0) is 16.6 Å². The van der Waals surface area contributed by atoms with Gasteiger partial charge in [0.25, 0.3) is 10.2 Å². The number of nitrogens with zero attached hydrogens (tertiary/aromatic N) is 2. The number of hydrogen-bond donors (Lipinski definition) is 1. The molecule has 0 radical (unpaired) electrons. The van der Waals surface area contributed by atoms with Crippen LogP contribution in [0.4, 0.5) is 0 Å². The van der Waals surface area contributed by atoms with E-state index in [0.29, 0.717) is 13.1 Å². The van der Waals surface area contributed by atoms with Crippen LogP contribution in [0.2, 0.25) is 5.02 Å². The monoisotopic (exact) mass is 331 g/mol. The number of piperazine rings is 1. The molecule has 5 nitrogen and oxygen atoms in total. The molecule has 0 spiro atoms. The lowest BCUT2D eigenvalue weighted by Crippen LogP contribution is -2.51. The molecular weight excluding hydrogens is 310 g/mol. The summed E-state index contributed by atoms with van der Waals surface area (Å²) in [4.78, 5) is 2.32. The summed E-state index contributed by atoms with van der Waals surface area (Å²) < 4.78 is 27.2. The fourth-order valence-electron chi connectivity index (χ4n) is 2.48. The Bertz CT molecular complexity index is 540. The highest BCUT2D eigenvalue weighted by atomic mass is 35.5. The molecule has 7 heteroatoms. The topological polar surface area (TPSA) is 52.7 Å². The van der Waals surface area contributed by atoms with Crippen LogP contribution in [0.15, 0.2) is 24.3 Å². The van der Waals surface area contributed by atoms with E-state index >= 15 is 0 Å². The second-order valence-corrected chi connectivity index (χ2v) is 7.49. The van der Waals surface area contributed by atoms with Gasteiger partial charge in [0, 0.05) is 38.2 Å². The standard InChI is InChI=1S/C14H22ClN3O2S/c1-16-21(19,20)18-11-9-17(10-12-18)8-2-3-13-4-6-14(15)7-5-13/h4-7,16H,2-3,8-12H2,1H3. The van der Waals surface area contributed by atoms with E-state index in [9.17, 15) is 8.42 Å². The van der Waals surface area contributed by atoms with E-state index < -0.39 is 10.2 Å². The van der Waals surface area contributed by atoms with Gasteiger partial charge in [-0.3, -0.25) is 0 Å². The zero-order valence-corrected chi connectivity index (χ0v) is 13.8. The average Bonchev–Trinajstić information content (AvgIpc) is 2.50. The maximum atomic E-state index is 11.7. The first-order chi connectivity index (χ1) is 10.0. The van der Waals surface area contributed by atoms with Gasteiger partial charge in [0.1, 0.15) is 0 Å². The number of halogens is 1. The third-order valence-electron chi connectivity index (χ3n) is 3.78. The fraction of sp³-hybridized carbons (Fsp3) is 0.571. The number of aryl methyl sites for hydroxylation is 1. The average molecular weight is 332 g/mol. The van der Waals surface area contributed by atoms with Crippen molar-refractivity contribution in [2.45, 2.75) is 12.8 Å². The molecule has 2 rings (SSSR count). The van der Waals surface area contributed by atoms with Crippen LogP contribution in [0.5, 0.6) is 0 Å². The lowest BCUT2D eigenvalue weighted by Gasteiger charge is -2.33. The largest absolute Gasteiger partial charge is 0.301 e. The van der Waals surface area contributed by atoms with Crippen molar-refractivity contribution >= 4 is 21.8 Å². The van der Waals surface area contributed by atoms with Gasteiger partial charge in [0.15, 0.2) is 0 Å². The lowest BCUT2D eigenvalue weighted by atomic mass is 10.1. The van der Waals surface area contributed by atoms with Crippen molar-refractivity contribution in [3.05, 3.63) is 34.9 Å². The van der Waals surface area contributed by atoms with Gasteiger partial charge >= 0.3 is 0 Å². The Labute approximate surface area is 132 Å². The summed E-state index contributed by atoms with van der Waals surface area (Å²) in [6, 6.07) is 7.94. The highest BCUT2D eigenvalue weighted by Crippen LogP contribution is 2.12. The smallest absolute Gasteiger partial charge is 0.279 e. The van der Waals surface area contributed by atoms with Gasteiger partial charge in [-0.2, -0.15) is 12.7 Å². The third kappa shape index (κ3) is 4.93. The van der Waals surface area contributed by atoms with Crippen molar-refractivity contribution in [2.24, 2.45) is 0 Å². The summed E-state index contributed by atoms with van der Waals surface area (Å²) in [5.74, 6) is 0. The molecule has 0 aliphatic carbocycles. The second-order valence-electron chi connectivity index (χ2n) is 5.18. The maximum absolute atomic E-state index is 11.7. The van der Waals surface area contributed by atoms with Crippen molar-refractivity contribution < 1.29 is 8.42 Å². The molecule has 0 bridgehead atoms. The first kappa shape index (κ1) is 16.7. The van der Waals surface area contributed by atoms with Crippen LogP contribution in [-0.4, -0.2) is 57.4 Å². The molecule has 0 unspecified atom stereocenters. The molecule has 0 saturated carbocycles. The van der Waals surface area contributed by atoms with E-state index in [-0.39, 0.29) is 0 Å². The summed E-state index contributed by atoms with van der Waals surface area (Å²) >= 11 is 5.86. The number of benzene rings is 1. The Hall–Kier alpha value is -0.660. The third-order valence-corrected chi connectivity index (χ3v) is 5.60. The molecule has 1 N–H and O–H groups in total. The van der Waals surface area contributed by atoms with Crippen LogP contribution >= 0.6 is 11.6 Å². The predicted octanol–water partition coefficient (Wildman–Crippen LogP) is 1.35. The highest BCUT2D eigenvalue weighted by Gasteiger charge is 2.24. The van der Waals surface area contributed by atoms with Gasteiger partial charge in [-0.1, -0.05) is 23.7 Å². The Balaban J connectivity index is 1.71. The minimum absolute atomic E-state index is 0.560. The molecule has 1 heterocycles. The second kappa shape index (κ2) is 7.56. The molecule has 1 aliphatic heterocycles. The zero-order valence-electron chi connectivity index (χ0n) is 12.3. The SMILES string of the molecule is CNS(=O)(=O)N1CCN(CCCc2ccc(Cl)cc2)CC1. The van der Waals surface area contributed by atoms with Gasteiger partial charge in [-0.05, 0) is 37.1 Å². The Morgan fingerprint density at radius 3 is 2.33 bits per heavy atom. The van der Waals surface area contributed by atoms with E-state index in [4.69, 9.17) is 11.6 Å². The normalized spacial score (nSPS) is 18.0. The molecule has 1 aliphatic rings. The van der Waals surface area contributed by atoms with Crippen molar-refractivity contribution in [3.8, 4) is 0 Å². The van der Waals surface area contributed by atoms with E-state index in [1.165, 1.54) is 16.9 Å². The molecule has 1 aromatic carbocycles. The van der Waals surface area contributed by atoms with Crippen molar-refractivity contribution in [3.63, 3.8) is 0 Å². The van der Waals surface area contributed by atoms with E-state index in [1.807, 2.05) is 12.1 Å². The van der Waals surface area contributed by atoms with Crippen LogP contribution in [0.1, 0.15) is 12.0 Å². The first-order valence-corrected chi connectivity index (χ1v) is 8.98. The van der Waals surface area contributed by atoms with Crippen LogP contribution in [0, 0.1) is 0 Å². The molecule has 21 heavy (non-hydrogen) atoms. The van der Waals surface area contributed by atoms with E-state index in [1.54, 1.807) is 0 Å². The molecule has 1 fully saturated rings. The fourth-order valence-corrected chi connectivity index (χ4v) is 3.51. The molecule has 0 aromatic heterocycles.